The number of rotatable bonds is 3. The number of nitrogens with one attached hydrogen (secondary N) is 1. The Bertz CT molecular complexity index is 643. The van der Waals surface area contributed by atoms with E-state index in [2.05, 4.69) is 5.32 Å². The smallest absolute Gasteiger partial charge is 0.128 e. The predicted octanol–water partition coefficient (Wildman–Crippen LogP) is 4.33. The zero-order chi connectivity index (χ0) is 14.9. The van der Waals surface area contributed by atoms with Gasteiger partial charge in [-0.15, -0.1) is 0 Å². The van der Waals surface area contributed by atoms with E-state index < -0.39 is 17.7 Å². The second kappa shape index (κ2) is 6.13. The van der Waals surface area contributed by atoms with Crippen LogP contribution in [0.3, 0.4) is 0 Å². The molecule has 20 heavy (non-hydrogen) atoms. The van der Waals surface area contributed by atoms with Gasteiger partial charge in [0.25, 0.3) is 0 Å². The number of halogens is 4. The number of hydrogen-bond acceptors (Lipinski definition) is 1. The molecule has 2 aromatic carbocycles. The van der Waals surface area contributed by atoms with Gasteiger partial charge in [0, 0.05) is 9.13 Å². The molecule has 0 spiro atoms. The largest absolute Gasteiger partial charge is 0.309 e. The Morgan fingerprint density at radius 2 is 1.70 bits per heavy atom. The zero-order valence-corrected chi connectivity index (χ0v) is 13.1. The summed E-state index contributed by atoms with van der Waals surface area (Å²) < 4.78 is 41.6. The fourth-order valence-corrected chi connectivity index (χ4v) is 2.89. The van der Waals surface area contributed by atoms with Crippen LogP contribution >= 0.6 is 22.6 Å². The summed E-state index contributed by atoms with van der Waals surface area (Å²) in [5.41, 5.74) is 1.17. The lowest BCUT2D eigenvalue weighted by Crippen LogP contribution is -2.20. The quantitative estimate of drug-likeness (QED) is 0.769. The van der Waals surface area contributed by atoms with Crippen LogP contribution in [0.1, 0.15) is 22.7 Å². The molecule has 2 aromatic rings. The highest BCUT2D eigenvalue weighted by Gasteiger charge is 2.20. The maximum atomic E-state index is 14.1. The van der Waals surface area contributed by atoms with Gasteiger partial charge < -0.3 is 5.32 Å². The van der Waals surface area contributed by atoms with E-state index in [1.165, 1.54) is 31.2 Å². The average molecular weight is 391 g/mol. The molecule has 1 nitrogen and oxygen atoms in total. The molecular weight excluding hydrogens is 378 g/mol. The first-order valence-electron chi connectivity index (χ1n) is 6.01. The van der Waals surface area contributed by atoms with Crippen molar-refractivity contribution in [3.05, 3.63) is 68.0 Å². The molecule has 0 bridgehead atoms. The van der Waals surface area contributed by atoms with Gasteiger partial charge in [0.05, 0.1) is 6.04 Å². The standard InChI is InChI=1S/C15H13F3IN/c1-8-5-13(18)11(7-12(8)17)15(20-2)10-4-3-9(16)6-14(10)19/h3-7,15,20H,1-2H3. The fraction of sp³-hybridized carbons (Fsp3) is 0.200. The molecule has 0 aliphatic carbocycles. The van der Waals surface area contributed by atoms with Gasteiger partial charge in [-0.25, -0.2) is 13.2 Å². The molecule has 106 valence electrons. The van der Waals surface area contributed by atoms with Gasteiger partial charge in [-0.05, 0) is 72.0 Å². The fourth-order valence-electron chi connectivity index (χ4n) is 2.10. The summed E-state index contributed by atoms with van der Waals surface area (Å²) in [6.45, 7) is 1.51. The van der Waals surface area contributed by atoms with Gasteiger partial charge in [0.2, 0.25) is 0 Å². The maximum Gasteiger partial charge on any atom is 0.128 e. The Morgan fingerprint density at radius 3 is 2.30 bits per heavy atom. The second-order valence-corrected chi connectivity index (χ2v) is 5.67. The van der Waals surface area contributed by atoms with Crippen molar-refractivity contribution in [1.82, 2.24) is 5.32 Å². The van der Waals surface area contributed by atoms with Crippen molar-refractivity contribution in [2.75, 3.05) is 7.05 Å². The van der Waals surface area contributed by atoms with Crippen LogP contribution in [0.5, 0.6) is 0 Å². The molecule has 0 saturated heterocycles. The minimum absolute atomic E-state index is 0.208. The van der Waals surface area contributed by atoms with Crippen LogP contribution < -0.4 is 5.32 Å². The molecule has 0 saturated carbocycles. The molecular formula is C15H13F3IN. The molecule has 0 aliphatic heterocycles. The van der Waals surface area contributed by atoms with Gasteiger partial charge in [0.15, 0.2) is 0 Å². The first-order chi connectivity index (χ1) is 9.43. The molecule has 0 fully saturated rings. The molecule has 0 amide bonds. The molecule has 0 radical (unpaired) electrons. The number of benzene rings is 2. The Labute approximate surface area is 129 Å². The SMILES string of the molecule is CNC(c1cc(F)c(C)cc1F)c1ccc(F)cc1I. The third kappa shape index (κ3) is 2.98. The van der Waals surface area contributed by atoms with E-state index in [9.17, 15) is 13.2 Å². The third-order valence-corrected chi connectivity index (χ3v) is 4.09. The summed E-state index contributed by atoms with van der Waals surface area (Å²) in [4.78, 5) is 0. The minimum atomic E-state index is -0.530. The van der Waals surface area contributed by atoms with E-state index >= 15 is 0 Å². The van der Waals surface area contributed by atoms with Crippen LogP contribution in [0.15, 0.2) is 30.3 Å². The van der Waals surface area contributed by atoms with Gasteiger partial charge in [0.1, 0.15) is 17.5 Å². The zero-order valence-electron chi connectivity index (χ0n) is 11.0. The van der Waals surface area contributed by atoms with E-state index in [-0.39, 0.29) is 16.9 Å². The third-order valence-electron chi connectivity index (χ3n) is 3.15. The topological polar surface area (TPSA) is 12.0 Å². The normalized spacial score (nSPS) is 12.5. The summed E-state index contributed by atoms with van der Waals surface area (Å²) >= 11 is 1.98. The Hall–Kier alpha value is -1.08. The van der Waals surface area contributed by atoms with Crippen molar-refractivity contribution in [3.8, 4) is 0 Å². The molecule has 0 aromatic heterocycles. The van der Waals surface area contributed by atoms with Crippen LogP contribution in [0, 0.1) is 27.9 Å². The minimum Gasteiger partial charge on any atom is -0.309 e. The van der Waals surface area contributed by atoms with Crippen molar-refractivity contribution < 1.29 is 13.2 Å². The number of hydrogen-bond donors (Lipinski definition) is 1. The molecule has 1 atom stereocenters. The molecule has 0 aliphatic rings. The van der Waals surface area contributed by atoms with Gasteiger partial charge >= 0.3 is 0 Å². The first-order valence-corrected chi connectivity index (χ1v) is 7.09. The highest BCUT2D eigenvalue weighted by atomic mass is 127. The van der Waals surface area contributed by atoms with Crippen LogP contribution in [-0.4, -0.2) is 7.05 Å². The van der Waals surface area contributed by atoms with Crippen molar-refractivity contribution in [3.63, 3.8) is 0 Å². The van der Waals surface area contributed by atoms with Crippen LogP contribution in [0.25, 0.3) is 0 Å². The Kier molecular flexibility index (Phi) is 4.70. The highest BCUT2D eigenvalue weighted by molar-refractivity contribution is 14.1. The summed E-state index contributed by atoms with van der Waals surface area (Å²) in [5.74, 6) is -1.30. The second-order valence-electron chi connectivity index (χ2n) is 4.51. The summed E-state index contributed by atoms with van der Waals surface area (Å²) in [5, 5.41) is 2.95. The van der Waals surface area contributed by atoms with Crippen LogP contribution in [-0.2, 0) is 0 Å². The van der Waals surface area contributed by atoms with E-state index in [1.807, 2.05) is 22.6 Å². The van der Waals surface area contributed by atoms with Gasteiger partial charge in [-0.2, -0.15) is 0 Å². The lowest BCUT2D eigenvalue weighted by atomic mass is 9.97. The average Bonchev–Trinajstić information content (AvgIpc) is 2.38. The summed E-state index contributed by atoms with van der Waals surface area (Å²) in [6, 6.07) is 6.08. The monoisotopic (exact) mass is 391 g/mol. The number of aryl methyl sites for hydroxylation is 1. The Balaban J connectivity index is 2.55. The maximum absolute atomic E-state index is 14.1. The van der Waals surface area contributed by atoms with Crippen molar-refractivity contribution >= 4 is 22.6 Å². The van der Waals surface area contributed by atoms with Crippen LogP contribution in [0.2, 0.25) is 0 Å². The van der Waals surface area contributed by atoms with E-state index in [0.29, 0.717) is 9.13 Å². The molecule has 2 rings (SSSR count). The highest BCUT2D eigenvalue weighted by Crippen LogP contribution is 2.29. The van der Waals surface area contributed by atoms with E-state index in [0.717, 1.165) is 0 Å². The van der Waals surface area contributed by atoms with Gasteiger partial charge in [-0.1, -0.05) is 6.07 Å². The van der Waals surface area contributed by atoms with Crippen LogP contribution in [0.4, 0.5) is 13.2 Å². The molecule has 1 N–H and O–H groups in total. The summed E-state index contributed by atoms with van der Waals surface area (Å²) in [7, 11) is 1.65. The Morgan fingerprint density at radius 1 is 1.00 bits per heavy atom. The predicted molar refractivity (Wildman–Crippen MR) is 81.1 cm³/mol. The first kappa shape index (κ1) is 15.3. The van der Waals surface area contributed by atoms with Gasteiger partial charge in [-0.3, -0.25) is 0 Å². The van der Waals surface area contributed by atoms with Crippen molar-refractivity contribution in [2.45, 2.75) is 13.0 Å². The molecule has 5 heteroatoms. The van der Waals surface area contributed by atoms with E-state index in [4.69, 9.17) is 0 Å². The van der Waals surface area contributed by atoms with Crippen molar-refractivity contribution in [2.24, 2.45) is 0 Å². The molecule has 1 unspecified atom stereocenters. The lowest BCUT2D eigenvalue weighted by molar-refractivity contribution is 0.552. The summed E-state index contributed by atoms with van der Waals surface area (Å²) in [6.07, 6.45) is 0. The molecule has 0 heterocycles. The lowest BCUT2D eigenvalue weighted by Gasteiger charge is -2.20. The van der Waals surface area contributed by atoms with Crippen molar-refractivity contribution in [1.29, 1.82) is 0 Å². The van der Waals surface area contributed by atoms with E-state index in [1.54, 1.807) is 13.1 Å².